The molecule has 1 aromatic carbocycles. The molecule has 0 saturated carbocycles. The Labute approximate surface area is 191 Å². The summed E-state index contributed by atoms with van der Waals surface area (Å²) in [6.07, 6.45) is 3.91. The smallest absolute Gasteiger partial charge is 0.313 e. The summed E-state index contributed by atoms with van der Waals surface area (Å²) in [6.45, 7) is 4.59. The van der Waals surface area contributed by atoms with E-state index in [0.29, 0.717) is 30.1 Å². The Balaban J connectivity index is 1.41. The molecule has 2 aromatic heterocycles. The lowest BCUT2D eigenvalue weighted by molar-refractivity contribution is -0.136. The fraction of sp³-hybridized carbons (Fsp3) is 0.333. The molecule has 3 amide bonds. The molecule has 4 rings (SSSR count). The van der Waals surface area contributed by atoms with Crippen molar-refractivity contribution in [2.75, 3.05) is 23.3 Å². The Morgan fingerprint density at radius 1 is 1.12 bits per heavy atom. The van der Waals surface area contributed by atoms with E-state index in [0.717, 1.165) is 24.2 Å². The van der Waals surface area contributed by atoms with Crippen LogP contribution in [0.25, 0.3) is 0 Å². The molecule has 0 spiro atoms. The van der Waals surface area contributed by atoms with Gasteiger partial charge >= 0.3 is 11.8 Å². The molecular formula is C24H27N5O4. The number of anilines is 2. The molecule has 0 unspecified atom stereocenters. The summed E-state index contributed by atoms with van der Waals surface area (Å²) < 4.78 is 7.31. The third-order valence-corrected chi connectivity index (χ3v) is 5.61. The molecule has 1 aliphatic rings. The van der Waals surface area contributed by atoms with Gasteiger partial charge in [-0.1, -0.05) is 6.07 Å². The summed E-state index contributed by atoms with van der Waals surface area (Å²) in [7, 11) is 0. The number of aromatic nitrogens is 2. The van der Waals surface area contributed by atoms with Gasteiger partial charge in [0.1, 0.15) is 11.8 Å². The minimum atomic E-state index is -0.788. The third kappa shape index (κ3) is 5.14. The van der Waals surface area contributed by atoms with Gasteiger partial charge in [-0.2, -0.15) is 5.10 Å². The molecule has 3 heterocycles. The number of benzene rings is 1. The van der Waals surface area contributed by atoms with Gasteiger partial charge in [-0.05, 0) is 63.1 Å². The zero-order valence-electron chi connectivity index (χ0n) is 18.7. The van der Waals surface area contributed by atoms with E-state index in [9.17, 15) is 14.4 Å². The summed E-state index contributed by atoms with van der Waals surface area (Å²) in [4.78, 5) is 38.9. The van der Waals surface area contributed by atoms with Crippen molar-refractivity contribution >= 4 is 29.1 Å². The van der Waals surface area contributed by atoms with Crippen LogP contribution < -0.4 is 15.5 Å². The van der Waals surface area contributed by atoms with Gasteiger partial charge in [-0.15, -0.1) is 0 Å². The van der Waals surface area contributed by atoms with Crippen molar-refractivity contribution in [3.8, 4) is 0 Å². The van der Waals surface area contributed by atoms with E-state index in [2.05, 4.69) is 15.7 Å². The fourth-order valence-electron chi connectivity index (χ4n) is 4.04. The van der Waals surface area contributed by atoms with Crippen molar-refractivity contribution in [2.45, 2.75) is 39.2 Å². The number of carbonyl (C=O) groups excluding carboxylic acids is 3. The van der Waals surface area contributed by atoms with Crippen LogP contribution in [0.3, 0.4) is 0 Å². The maximum Gasteiger partial charge on any atom is 0.313 e. The highest BCUT2D eigenvalue weighted by molar-refractivity contribution is 6.39. The van der Waals surface area contributed by atoms with Crippen LogP contribution in [0.4, 0.5) is 11.4 Å². The first-order valence-corrected chi connectivity index (χ1v) is 11.0. The number of carbonyl (C=O) groups is 3. The van der Waals surface area contributed by atoms with Crippen LogP contribution in [0, 0.1) is 13.8 Å². The van der Waals surface area contributed by atoms with Gasteiger partial charge in [0.15, 0.2) is 0 Å². The SMILES string of the molecule is Cc1cc(C)n([C@@H](CNC(=O)C(=O)Nc2cccc(N3CCCCC3=O)c2)c2ccco2)n1. The van der Waals surface area contributed by atoms with Gasteiger partial charge < -0.3 is 20.0 Å². The minimum Gasteiger partial charge on any atom is -0.467 e. The van der Waals surface area contributed by atoms with Crippen LogP contribution in [0.15, 0.2) is 53.1 Å². The van der Waals surface area contributed by atoms with Crippen molar-refractivity contribution in [1.29, 1.82) is 0 Å². The van der Waals surface area contributed by atoms with Crippen molar-refractivity contribution in [3.63, 3.8) is 0 Å². The fourth-order valence-corrected chi connectivity index (χ4v) is 4.04. The second-order valence-corrected chi connectivity index (χ2v) is 8.12. The first kappa shape index (κ1) is 22.3. The molecule has 172 valence electrons. The Hall–Kier alpha value is -3.88. The first-order chi connectivity index (χ1) is 15.9. The van der Waals surface area contributed by atoms with Crippen LogP contribution in [0.5, 0.6) is 0 Å². The first-order valence-electron chi connectivity index (χ1n) is 11.0. The van der Waals surface area contributed by atoms with Gasteiger partial charge in [-0.3, -0.25) is 19.1 Å². The van der Waals surface area contributed by atoms with Crippen molar-refractivity contribution in [1.82, 2.24) is 15.1 Å². The number of nitrogens with one attached hydrogen (secondary N) is 2. The molecule has 1 fully saturated rings. The second kappa shape index (κ2) is 9.72. The Bertz CT molecular complexity index is 1150. The third-order valence-electron chi connectivity index (χ3n) is 5.61. The molecular weight excluding hydrogens is 422 g/mol. The predicted molar refractivity (Wildman–Crippen MR) is 123 cm³/mol. The van der Waals surface area contributed by atoms with Crippen LogP contribution in [0.1, 0.15) is 42.5 Å². The quantitative estimate of drug-likeness (QED) is 0.563. The lowest BCUT2D eigenvalue weighted by Gasteiger charge is -2.27. The highest BCUT2D eigenvalue weighted by atomic mass is 16.3. The van der Waals surface area contributed by atoms with Gasteiger partial charge in [-0.25, -0.2) is 0 Å². The summed E-state index contributed by atoms with van der Waals surface area (Å²) in [5.74, 6) is -0.868. The van der Waals surface area contributed by atoms with Crippen LogP contribution in [0.2, 0.25) is 0 Å². The van der Waals surface area contributed by atoms with E-state index < -0.39 is 11.8 Å². The summed E-state index contributed by atoms with van der Waals surface area (Å²) in [5, 5.41) is 9.78. The number of furan rings is 1. The molecule has 1 saturated heterocycles. The lowest BCUT2D eigenvalue weighted by atomic mass is 10.1. The van der Waals surface area contributed by atoms with E-state index >= 15 is 0 Å². The number of nitrogens with zero attached hydrogens (tertiary/aromatic N) is 3. The number of amides is 3. The normalized spacial score (nSPS) is 14.7. The standard InChI is InChI=1S/C24H27N5O4/c1-16-13-17(2)29(27-16)20(21-9-6-12-33-21)15-25-23(31)24(32)26-18-7-5-8-19(14-18)28-11-4-3-10-22(28)30/h5-9,12-14,20H,3-4,10-11,15H2,1-2H3,(H,25,31)(H,26,32)/t20-/m0/s1. The van der Waals surface area contributed by atoms with Crippen LogP contribution in [-0.4, -0.2) is 40.6 Å². The molecule has 0 radical (unpaired) electrons. The van der Waals surface area contributed by atoms with Crippen LogP contribution >= 0.6 is 0 Å². The van der Waals surface area contributed by atoms with Gasteiger partial charge in [0.05, 0.1) is 12.0 Å². The lowest BCUT2D eigenvalue weighted by Crippen LogP contribution is -2.39. The van der Waals surface area contributed by atoms with E-state index in [-0.39, 0.29) is 18.5 Å². The Morgan fingerprint density at radius 2 is 1.97 bits per heavy atom. The average Bonchev–Trinajstić information content (AvgIpc) is 3.44. The van der Waals surface area contributed by atoms with E-state index in [4.69, 9.17) is 4.42 Å². The molecule has 0 bridgehead atoms. The summed E-state index contributed by atoms with van der Waals surface area (Å²) >= 11 is 0. The molecule has 2 N–H and O–H groups in total. The van der Waals surface area contributed by atoms with Gasteiger partial charge in [0.25, 0.3) is 0 Å². The minimum absolute atomic E-state index is 0.0654. The number of rotatable bonds is 6. The zero-order valence-corrected chi connectivity index (χ0v) is 18.7. The highest BCUT2D eigenvalue weighted by Gasteiger charge is 2.23. The molecule has 0 aliphatic carbocycles. The molecule has 9 nitrogen and oxygen atoms in total. The van der Waals surface area contributed by atoms with E-state index in [1.165, 1.54) is 0 Å². The van der Waals surface area contributed by atoms with E-state index in [1.54, 1.807) is 46.2 Å². The molecule has 33 heavy (non-hydrogen) atoms. The van der Waals surface area contributed by atoms with E-state index in [1.807, 2.05) is 26.0 Å². The molecule has 9 heteroatoms. The second-order valence-electron chi connectivity index (χ2n) is 8.12. The monoisotopic (exact) mass is 449 g/mol. The average molecular weight is 450 g/mol. The maximum atomic E-state index is 12.5. The largest absolute Gasteiger partial charge is 0.467 e. The summed E-state index contributed by atoms with van der Waals surface area (Å²) in [6, 6.07) is 12.1. The van der Waals surface area contributed by atoms with Crippen molar-refractivity contribution in [2.24, 2.45) is 0 Å². The molecule has 3 aromatic rings. The molecule has 1 atom stereocenters. The summed E-state index contributed by atoms with van der Waals surface area (Å²) in [5.41, 5.74) is 2.92. The Kier molecular flexibility index (Phi) is 6.58. The number of piperidine rings is 1. The zero-order chi connectivity index (χ0) is 23.4. The molecule has 1 aliphatic heterocycles. The predicted octanol–water partition coefficient (Wildman–Crippen LogP) is 2.95. The number of hydrogen-bond acceptors (Lipinski definition) is 5. The number of hydrogen-bond donors (Lipinski definition) is 2. The Morgan fingerprint density at radius 3 is 2.67 bits per heavy atom. The number of aryl methyl sites for hydroxylation is 2. The van der Waals surface area contributed by atoms with Crippen molar-refractivity contribution < 1.29 is 18.8 Å². The van der Waals surface area contributed by atoms with Crippen molar-refractivity contribution in [3.05, 3.63) is 65.9 Å². The topological polar surface area (TPSA) is 109 Å². The highest BCUT2D eigenvalue weighted by Crippen LogP contribution is 2.24. The maximum absolute atomic E-state index is 12.5. The van der Waals surface area contributed by atoms with Gasteiger partial charge in [0, 0.05) is 36.6 Å². The van der Waals surface area contributed by atoms with Gasteiger partial charge in [0.2, 0.25) is 5.91 Å². The van der Waals surface area contributed by atoms with Crippen LogP contribution in [-0.2, 0) is 14.4 Å².